The van der Waals surface area contributed by atoms with E-state index in [1.54, 1.807) is 13.4 Å². The minimum absolute atomic E-state index is 0.0269. The topological polar surface area (TPSA) is 56.4 Å². The van der Waals surface area contributed by atoms with Gasteiger partial charge in [0.15, 0.2) is 0 Å². The summed E-state index contributed by atoms with van der Waals surface area (Å²) in [4.78, 5) is 12.3. The third-order valence-corrected chi connectivity index (χ3v) is 3.89. The maximum atomic E-state index is 12.3. The predicted molar refractivity (Wildman–Crippen MR) is 90.7 cm³/mol. The van der Waals surface area contributed by atoms with E-state index in [0.29, 0.717) is 13.0 Å². The summed E-state index contributed by atoms with van der Waals surface area (Å²) >= 11 is 0. The number of rotatable bonds is 7. The molecule has 124 valence electrons. The van der Waals surface area contributed by atoms with Crippen LogP contribution < -0.4 is 10.1 Å². The quantitative estimate of drug-likeness (QED) is 0.725. The number of nitrogens with zero attached hydrogens (tertiary/aromatic N) is 1. The summed E-state index contributed by atoms with van der Waals surface area (Å²) in [6, 6.07) is 15.1. The molecular weight excluding hydrogens is 304 g/mol. The molecule has 0 bridgehead atoms. The normalized spacial score (nSPS) is 11.9. The lowest BCUT2D eigenvalue weighted by Crippen LogP contribution is -2.26. The van der Waals surface area contributed by atoms with Crippen LogP contribution in [0.25, 0.3) is 0 Å². The monoisotopic (exact) mass is 324 g/mol. The van der Waals surface area contributed by atoms with Crippen LogP contribution >= 0.6 is 0 Å². The number of methoxy groups -OCH3 is 1. The van der Waals surface area contributed by atoms with Gasteiger partial charge in [-0.15, -0.1) is 0 Å². The van der Waals surface area contributed by atoms with Crippen LogP contribution in [0, 0.1) is 0 Å². The van der Waals surface area contributed by atoms with E-state index < -0.39 is 0 Å². The molecule has 24 heavy (non-hydrogen) atoms. The molecule has 0 spiro atoms. The molecule has 3 rings (SSSR count). The minimum Gasteiger partial charge on any atom is -0.497 e. The molecular formula is C19H20N2O3. The van der Waals surface area contributed by atoms with Crippen LogP contribution in [0.1, 0.15) is 23.8 Å². The Kier molecular flexibility index (Phi) is 5.01. The highest BCUT2D eigenvalue weighted by Crippen LogP contribution is 2.22. The second-order valence-electron chi connectivity index (χ2n) is 5.49. The van der Waals surface area contributed by atoms with Gasteiger partial charge in [-0.3, -0.25) is 4.79 Å². The average molecular weight is 324 g/mol. The molecule has 5 heteroatoms. The van der Waals surface area contributed by atoms with E-state index in [9.17, 15) is 4.79 Å². The van der Waals surface area contributed by atoms with Gasteiger partial charge in [0.05, 0.1) is 25.8 Å². The molecule has 1 amide bonds. The smallest absolute Gasteiger partial charge is 0.222 e. The summed E-state index contributed by atoms with van der Waals surface area (Å²) in [5.74, 6) is 1.54. The van der Waals surface area contributed by atoms with Crippen LogP contribution in [0.5, 0.6) is 5.75 Å². The highest BCUT2D eigenvalue weighted by atomic mass is 16.5. The second-order valence-corrected chi connectivity index (χ2v) is 5.49. The van der Waals surface area contributed by atoms with Crippen molar-refractivity contribution in [2.24, 2.45) is 0 Å². The zero-order valence-corrected chi connectivity index (χ0v) is 13.5. The number of nitrogens with one attached hydrogen (secondary N) is 1. The number of hydrogen-bond acceptors (Lipinski definition) is 3. The van der Waals surface area contributed by atoms with E-state index in [1.165, 1.54) is 0 Å². The molecule has 1 atom stereocenters. The minimum atomic E-state index is -0.147. The van der Waals surface area contributed by atoms with E-state index in [0.717, 1.165) is 17.1 Å². The van der Waals surface area contributed by atoms with Crippen molar-refractivity contribution in [2.75, 3.05) is 7.11 Å². The van der Waals surface area contributed by atoms with Crippen molar-refractivity contribution in [1.82, 2.24) is 9.88 Å². The van der Waals surface area contributed by atoms with Crippen LogP contribution in [0.4, 0.5) is 0 Å². The molecule has 3 aromatic rings. The molecule has 0 aliphatic carbocycles. The molecule has 1 N–H and O–H groups in total. The molecule has 0 aliphatic rings. The van der Waals surface area contributed by atoms with Crippen molar-refractivity contribution < 1.29 is 13.9 Å². The Hall–Kier alpha value is -2.95. The Balaban J connectivity index is 1.61. The summed E-state index contributed by atoms with van der Waals surface area (Å²) in [7, 11) is 1.63. The third kappa shape index (κ3) is 3.87. The standard InChI is InChI=1S/C19H20N2O3/c1-23-16-8-6-15(7-9-16)14-20-19(22)13-17(18-5-4-12-24-18)21-10-2-3-11-21/h2-12,17H,13-14H2,1H3,(H,20,22). The van der Waals surface area contributed by atoms with Crippen molar-refractivity contribution in [3.63, 3.8) is 0 Å². The number of furan rings is 1. The summed E-state index contributed by atoms with van der Waals surface area (Å²) in [5, 5.41) is 2.96. The lowest BCUT2D eigenvalue weighted by atomic mass is 10.1. The van der Waals surface area contributed by atoms with Crippen LogP contribution in [0.2, 0.25) is 0 Å². The van der Waals surface area contributed by atoms with E-state index in [2.05, 4.69) is 5.32 Å². The molecule has 2 heterocycles. The molecule has 5 nitrogen and oxygen atoms in total. The Bertz CT molecular complexity index is 712. The first-order chi connectivity index (χ1) is 11.8. The van der Waals surface area contributed by atoms with E-state index in [-0.39, 0.29) is 11.9 Å². The van der Waals surface area contributed by atoms with Crippen LogP contribution in [0.3, 0.4) is 0 Å². The Morgan fingerprint density at radius 3 is 2.54 bits per heavy atom. The Labute approximate surface area is 140 Å². The molecule has 0 saturated carbocycles. The van der Waals surface area contributed by atoms with Crippen molar-refractivity contribution in [3.8, 4) is 5.75 Å². The molecule has 0 fully saturated rings. The van der Waals surface area contributed by atoms with Crippen molar-refractivity contribution in [2.45, 2.75) is 19.0 Å². The van der Waals surface area contributed by atoms with Gasteiger partial charge in [0.1, 0.15) is 11.5 Å². The number of ether oxygens (including phenoxy) is 1. The van der Waals surface area contributed by atoms with E-state index >= 15 is 0 Å². The highest BCUT2D eigenvalue weighted by Gasteiger charge is 2.19. The predicted octanol–water partition coefficient (Wildman–Crippen LogP) is 3.39. The summed E-state index contributed by atoms with van der Waals surface area (Å²) in [6.45, 7) is 0.485. The molecule has 2 aromatic heterocycles. The first-order valence-electron chi connectivity index (χ1n) is 7.82. The Morgan fingerprint density at radius 2 is 1.92 bits per heavy atom. The van der Waals surface area contributed by atoms with Gasteiger partial charge in [-0.05, 0) is 42.0 Å². The van der Waals surface area contributed by atoms with Crippen LogP contribution in [0.15, 0.2) is 71.6 Å². The maximum Gasteiger partial charge on any atom is 0.222 e. The number of aromatic nitrogens is 1. The Morgan fingerprint density at radius 1 is 1.17 bits per heavy atom. The zero-order valence-electron chi connectivity index (χ0n) is 13.5. The SMILES string of the molecule is COc1ccc(CNC(=O)CC(c2ccco2)n2cccc2)cc1. The van der Waals surface area contributed by atoms with Gasteiger partial charge in [0.25, 0.3) is 0 Å². The third-order valence-electron chi connectivity index (χ3n) is 3.89. The molecule has 1 unspecified atom stereocenters. The number of hydrogen-bond donors (Lipinski definition) is 1. The van der Waals surface area contributed by atoms with Gasteiger partial charge in [-0.25, -0.2) is 0 Å². The van der Waals surface area contributed by atoms with Crippen molar-refractivity contribution in [3.05, 3.63) is 78.5 Å². The van der Waals surface area contributed by atoms with E-state index in [1.807, 2.05) is 65.5 Å². The largest absolute Gasteiger partial charge is 0.497 e. The van der Waals surface area contributed by atoms with Gasteiger partial charge in [-0.1, -0.05) is 12.1 Å². The van der Waals surface area contributed by atoms with Crippen molar-refractivity contribution >= 4 is 5.91 Å². The fourth-order valence-electron chi connectivity index (χ4n) is 2.58. The average Bonchev–Trinajstić information content (AvgIpc) is 3.32. The summed E-state index contributed by atoms with van der Waals surface area (Å²) in [5.41, 5.74) is 1.03. The second kappa shape index (κ2) is 7.55. The highest BCUT2D eigenvalue weighted by molar-refractivity contribution is 5.76. The number of carbonyl (C=O) groups excluding carboxylic acids is 1. The fourth-order valence-corrected chi connectivity index (χ4v) is 2.58. The van der Waals surface area contributed by atoms with Crippen molar-refractivity contribution in [1.29, 1.82) is 0 Å². The fraction of sp³-hybridized carbons (Fsp3) is 0.211. The van der Waals surface area contributed by atoms with Gasteiger partial charge in [0, 0.05) is 18.9 Å². The lowest BCUT2D eigenvalue weighted by molar-refractivity contribution is -0.121. The first kappa shape index (κ1) is 15.9. The van der Waals surface area contributed by atoms with Gasteiger partial charge in [-0.2, -0.15) is 0 Å². The number of amides is 1. The first-order valence-corrected chi connectivity index (χ1v) is 7.82. The number of carbonyl (C=O) groups is 1. The summed E-state index contributed by atoms with van der Waals surface area (Å²) in [6.07, 6.45) is 5.81. The molecule has 1 aromatic carbocycles. The van der Waals surface area contributed by atoms with Gasteiger partial charge < -0.3 is 19.0 Å². The van der Waals surface area contributed by atoms with Gasteiger partial charge >= 0.3 is 0 Å². The van der Waals surface area contributed by atoms with Crippen LogP contribution in [-0.4, -0.2) is 17.6 Å². The van der Waals surface area contributed by atoms with E-state index in [4.69, 9.17) is 9.15 Å². The maximum absolute atomic E-state index is 12.3. The zero-order chi connectivity index (χ0) is 16.8. The number of benzene rings is 1. The van der Waals surface area contributed by atoms with Gasteiger partial charge in [0.2, 0.25) is 5.91 Å². The molecule has 0 radical (unpaired) electrons. The molecule has 0 aliphatic heterocycles. The van der Waals surface area contributed by atoms with Crippen LogP contribution in [-0.2, 0) is 11.3 Å². The lowest BCUT2D eigenvalue weighted by Gasteiger charge is -2.16. The summed E-state index contributed by atoms with van der Waals surface area (Å²) < 4.78 is 12.6. The molecule has 0 saturated heterocycles.